The van der Waals surface area contributed by atoms with Gasteiger partial charge < -0.3 is 4.74 Å². The van der Waals surface area contributed by atoms with Gasteiger partial charge in [-0.2, -0.15) is 10.1 Å². The molecule has 32 heavy (non-hydrogen) atoms. The minimum atomic E-state index is -0.246. The normalized spacial score (nSPS) is 26.3. The van der Waals surface area contributed by atoms with E-state index >= 15 is 0 Å². The van der Waals surface area contributed by atoms with Crippen LogP contribution >= 0.6 is 56.8 Å². The Labute approximate surface area is 218 Å². The van der Waals surface area contributed by atoms with Crippen molar-refractivity contribution in [3.63, 3.8) is 0 Å². The van der Waals surface area contributed by atoms with E-state index in [0.29, 0.717) is 11.6 Å². The average molecular weight is 673 g/mol. The van der Waals surface area contributed by atoms with Gasteiger partial charge in [-0.15, -0.1) is 0 Å². The van der Waals surface area contributed by atoms with E-state index in [2.05, 4.69) is 62.4 Å². The minimum Gasteiger partial charge on any atom is -0.487 e. The Kier molecular flexibility index (Phi) is 6.32. The van der Waals surface area contributed by atoms with Gasteiger partial charge in [-0.25, -0.2) is 0 Å². The van der Waals surface area contributed by atoms with Crippen LogP contribution in [-0.2, 0) is 16.2 Å². The van der Waals surface area contributed by atoms with E-state index in [0.717, 1.165) is 41.9 Å². The minimum absolute atomic E-state index is 0.165. The smallest absolute Gasteiger partial charge is 0.254 e. The van der Waals surface area contributed by atoms with Crippen LogP contribution in [-0.4, -0.2) is 23.0 Å². The van der Waals surface area contributed by atoms with Crippen molar-refractivity contribution in [3.05, 3.63) is 71.8 Å². The molecule has 1 saturated carbocycles. The molecule has 4 atom stereocenters. The van der Waals surface area contributed by atoms with Crippen molar-refractivity contribution in [2.75, 3.05) is 0 Å². The van der Waals surface area contributed by atoms with Crippen LogP contribution in [0, 0.1) is 30.8 Å². The van der Waals surface area contributed by atoms with Crippen molar-refractivity contribution >= 4 is 74.8 Å². The van der Waals surface area contributed by atoms with Gasteiger partial charge in [0.05, 0.1) is 25.2 Å². The molecule has 3 aliphatic carbocycles. The fourth-order valence-corrected chi connectivity index (χ4v) is 7.17. The summed E-state index contributed by atoms with van der Waals surface area (Å²) < 4.78 is 7.86. The number of imide groups is 1. The largest absolute Gasteiger partial charge is 0.487 e. The number of nitrogens with zero attached hydrogens (tertiary/aromatic N) is 2. The summed E-state index contributed by atoms with van der Waals surface area (Å²) in [4.78, 5) is 25.8. The molecule has 164 valence electrons. The number of fused-ring (bicyclic) bond motifs is 1. The molecule has 2 aromatic carbocycles. The van der Waals surface area contributed by atoms with Crippen LogP contribution in [0.2, 0.25) is 5.02 Å². The van der Waals surface area contributed by atoms with E-state index in [1.807, 2.05) is 36.4 Å². The number of allylic oxidation sites excluding steroid dienone is 2. The Morgan fingerprint density at radius 3 is 2.19 bits per heavy atom. The number of hydrogen-bond donors (Lipinski definition) is 0. The van der Waals surface area contributed by atoms with Crippen LogP contribution in [0.15, 0.2) is 53.7 Å². The lowest BCUT2D eigenvalue weighted by atomic mass is 9.63. The zero-order valence-corrected chi connectivity index (χ0v) is 22.0. The Bertz CT molecular complexity index is 1110. The molecule has 5 nitrogen and oxygen atoms in total. The van der Waals surface area contributed by atoms with Crippen LogP contribution < -0.4 is 4.74 Å². The monoisotopic (exact) mass is 672 g/mol. The molecule has 0 unspecified atom stereocenters. The fourth-order valence-electron chi connectivity index (χ4n) is 4.85. The quantitative estimate of drug-likeness (QED) is 0.179. The molecule has 2 bridgehead atoms. The highest BCUT2D eigenvalue weighted by Crippen LogP contribution is 2.49. The van der Waals surface area contributed by atoms with E-state index < -0.39 is 0 Å². The first-order valence-corrected chi connectivity index (χ1v) is 12.9. The molecule has 2 fully saturated rings. The molecule has 8 heteroatoms. The molecule has 0 aromatic heterocycles. The Morgan fingerprint density at radius 2 is 1.62 bits per heavy atom. The molecule has 0 radical (unpaired) electrons. The highest BCUT2D eigenvalue weighted by molar-refractivity contribution is 14.1. The molecule has 2 aromatic rings. The second-order valence-corrected chi connectivity index (χ2v) is 11.0. The van der Waals surface area contributed by atoms with E-state index in [9.17, 15) is 9.59 Å². The number of ether oxygens (including phenoxy) is 1. The zero-order chi connectivity index (χ0) is 22.4. The Balaban J connectivity index is 1.32. The Morgan fingerprint density at radius 1 is 1.03 bits per heavy atom. The summed E-state index contributed by atoms with van der Waals surface area (Å²) >= 11 is 10.7. The highest BCUT2D eigenvalue weighted by atomic mass is 127. The van der Waals surface area contributed by atoms with Crippen molar-refractivity contribution in [2.45, 2.75) is 19.4 Å². The lowest BCUT2D eigenvalue weighted by Gasteiger charge is -2.37. The summed E-state index contributed by atoms with van der Waals surface area (Å²) in [7, 11) is 0. The van der Waals surface area contributed by atoms with Gasteiger partial charge in [0.1, 0.15) is 12.4 Å². The average Bonchev–Trinajstić information content (AvgIpc) is 3.05. The molecule has 4 aliphatic rings. The summed E-state index contributed by atoms with van der Waals surface area (Å²) in [5, 5.41) is 6.07. The van der Waals surface area contributed by atoms with E-state index in [1.54, 1.807) is 6.21 Å². The maximum atomic E-state index is 12.9. The molecule has 1 aliphatic heterocycles. The summed E-state index contributed by atoms with van der Waals surface area (Å²) in [6.07, 6.45) is 7.76. The number of benzene rings is 2. The molecule has 6 rings (SSSR count). The number of amides is 2. The second-order valence-electron chi connectivity index (χ2n) is 8.27. The number of rotatable bonds is 5. The molecular formula is C24H19ClI2N2O3. The number of carbonyl (C=O) groups is 2. The van der Waals surface area contributed by atoms with Crippen molar-refractivity contribution < 1.29 is 14.3 Å². The van der Waals surface area contributed by atoms with Crippen LogP contribution in [0.1, 0.15) is 24.0 Å². The number of hydrazone groups is 1. The number of hydrogen-bond acceptors (Lipinski definition) is 4. The van der Waals surface area contributed by atoms with Gasteiger partial charge in [0.2, 0.25) is 0 Å². The summed E-state index contributed by atoms with van der Waals surface area (Å²) in [6.45, 7) is 0.370. The first-order chi connectivity index (χ1) is 15.4. The van der Waals surface area contributed by atoms with Gasteiger partial charge in [-0.05, 0) is 93.6 Å². The molecule has 1 heterocycles. The zero-order valence-electron chi connectivity index (χ0n) is 16.9. The van der Waals surface area contributed by atoms with Gasteiger partial charge in [0.15, 0.2) is 0 Å². The van der Waals surface area contributed by atoms with Crippen LogP contribution in [0.5, 0.6) is 5.75 Å². The lowest BCUT2D eigenvalue weighted by molar-refractivity contribution is -0.140. The van der Waals surface area contributed by atoms with Crippen molar-refractivity contribution in [1.82, 2.24) is 5.01 Å². The van der Waals surface area contributed by atoms with Crippen molar-refractivity contribution in [3.8, 4) is 5.75 Å². The molecule has 1 saturated heterocycles. The fraction of sp³-hybridized carbons (Fsp3) is 0.292. The van der Waals surface area contributed by atoms with Gasteiger partial charge in [-0.1, -0.05) is 42.0 Å². The van der Waals surface area contributed by atoms with E-state index in [1.165, 1.54) is 0 Å². The second kappa shape index (κ2) is 9.06. The maximum absolute atomic E-state index is 12.9. The molecule has 2 amide bonds. The van der Waals surface area contributed by atoms with Gasteiger partial charge in [0.25, 0.3) is 11.8 Å². The van der Waals surface area contributed by atoms with Gasteiger partial charge in [-0.3, -0.25) is 9.59 Å². The third kappa shape index (κ3) is 4.00. The number of halogens is 3. The van der Waals surface area contributed by atoms with Crippen LogP contribution in [0.25, 0.3) is 0 Å². The maximum Gasteiger partial charge on any atom is 0.254 e. The first-order valence-electron chi connectivity index (χ1n) is 10.4. The molecule has 0 spiro atoms. The molecular weight excluding hydrogens is 654 g/mol. The lowest BCUT2D eigenvalue weighted by Crippen LogP contribution is -2.38. The third-order valence-electron chi connectivity index (χ3n) is 6.41. The van der Waals surface area contributed by atoms with Crippen LogP contribution in [0.4, 0.5) is 0 Å². The third-order valence-corrected chi connectivity index (χ3v) is 8.38. The number of carbonyl (C=O) groups excluding carboxylic acids is 2. The summed E-state index contributed by atoms with van der Waals surface area (Å²) in [5.74, 6) is 0.272. The van der Waals surface area contributed by atoms with E-state index in [-0.39, 0.29) is 35.5 Å². The van der Waals surface area contributed by atoms with Crippen LogP contribution in [0.3, 0.4) is 0 Å². The standard InChI is InChI=1S/C24H19ClI2N2O3/c25-17-4-2-1-3-16(17)12-32-22-18(26)9-13(10-19(22)27)11-28-29-23(30)20-14-5-6-15(8-7-14)21(20)24(29)31/h1-6,9-11,14-15,20-21H,7-8,12H2/b28-11-/t14-,15+,20-,21+. The van der Waals surface area contributed by atoms with Crippen molar-refractivity contribution in [2.24, 2.45) is 28.8 Å². The molecule has 0 N–H and O–H groups in total. The summed E-state index contributed by atoms with van der Waals surface area (Å²) in [6, 6.07) is 11.5. The summed E-state index contributed by atoms with van der Waals surface area (Å²) in [5.41, 5.74) is 1.72. The predicted molar refractivity (Wildman–Crippen MR) is 139 cm³/mol. The van der Waals surface area contributed by atoms with E-state index in [4.69, 9.17) is 16.3 Å². The van der Waals surface area contributed by atoms with Gasteiger partial charge >= 0.3 is 0 Å². The van der Waals surface area contributed by atoms with Crippen molar-refractivity contribution in [1.29, 1.82) is 0 Å². The first kappa shape index (κ1) is 22.3. The van der Waals surface area contributed by atoms with Gasteiger partial charge in [0, 0.05) is 10.6 Å². The Hall–Kier alpha value is -1.46. The predicted octanol–water partition coefficient (Wildman–Crippen LogP) is 5.66. The highest BCUT2D eigenvalue weighted by Gasteiger charge is 2.56. The topological polar surface area (TPSA) is 59.0 Å². The SMILES string of the molecule is O=C1[C@@H]2[C@H](C(=O)N1/N=C\c1cc(I)c(OCc3ccccc3Cl)c(I)c1)[C@@H]1C=C[C@H]2CC1.